The van der Waals surface area contributed by atoms with E-state index < -0.39 is 64.4 Å². The number of carbonyl (C=O) groups excluding carboxylic acids is 5. The van der Waals surface area contributed by atoms with E-state index in [1.807, 2.05) is 12.1 Å². The number of benzene rings is 3. The standard InChI is InChI=1S/C39H45N3O7/c1-6-16-42(17-7-2)20-21-12-13-25(24-11-9-8-10-23(21)24)26-14-15-29(43)31-27(26)18-22-19-28-33(41(4)5)35(45)32(38(48)40-3)37(47)39(28,49)36(46)30(22)34(31)44/h8-15,22,28,30,32-33,43,49H,6-7,16-20H2,1-5H3,(H,40,48)/t22-,28-,30?,32?,33-,39-/m0/s1. The quantitative estimate of drug-likeness (QED) is 0.292. The molecule has 0 aromatic heterocycles. The number of fused-ring (bicyclic) bond motifs is 4. The molecule has 3 aromatic rings. The van der Waals surface area contributed by atoms with E-state index in [1.165, 1.54) is 23.6 Å². The number of amides is 1. The lowest BCUT2D eigenvalue weighted by Gasteiger charge is -2.52. The molecule has 258 valence electrons. The maximum absolute atomic E-state index is 14.3. The monoisotopic (exact) mass is 667 g/mol. The van der Waals surface area contributed by atoms with E-state index in [0.717, 1.165) is 54.4 Å². The fourth-order valence-electron chi connectivity index (χ4n) is 8.86. The van der Waals surface area contributed by atoms with E-state index in [9.17, 15) is 34.2 Å². The minimum absolute atomic E-state index is 0.00530. The van der Waals surface area contributed by atoms with E-state index in [0.29, 0.717) is 5.56 Å². The Morgan fingerprint density at radius 3 is 2.20 bits per heavy atom. The van der Waals surface area contributed by atoms with E-state index in [-0.39, 0.29) is 24.2 Å². The molecule has 6 rings (SSSR count). The predicted octanol–water partition coefficient (Wildman–Crippen LogP) is 3.57. The summed E-state index contributed by atoms with van der Waals surface area (Å²) in [5, 5.41) is 27.5. The maximum Gasteiger partial charge on any atom is 0.238 e. The Morgan fingerprint density at radius 2 is 1.57 bits per heavy atom. The zero-order valence-electron chi connectivity index (χ0n) is 28.8. The van der Waals surface area contributed by atoms with Crippen molar-refractivity contribution in [2.75, 3.05) is 34.2 Å². The predicted molar refractivity (Wildman–Crippen MR) is 185 cm³/mol. The number of nitrogens with one attached hydrogen (secondary N) is 1. The highest BCUT2D eigenvalue weighted by Crippen LogP contribution is 2.52. The van der Waals surface area contributed by atoms with Crippen molar-refractivity contribution in [1.82, 2.24) is 15.1 Å². The van der Waals surface area contributed by atoms with Crippen molar-refractivity contribution < 1.29 is 34.2 Å². The van der Waals surface area contributed by atoms with Crippen molar-refractivity contribution >= 4 is 39.8 Å². The van der Waals surface area contributed by atoms with Gasteiger partial charge in [0.15, 0.2) is 34.7 Å². The molecule has 0 heterocycles. The molecule has 0 radical (unpaired) electrons. The van der Waals surface area contributed by atoms with Gasteiger partial charge in [0.05, 0.1) is 17.5 Å². The number of hydrogen-bond donors (Lipinski definition) is 3. The first-order chi connectivity index (χ1) is 23.4. The van der Waals surface area contributed by atoms with Gasteiger partial charge in [0.1, 0.15) is 5.75 Å². The van der Waals surface area contributed by atoms with Gasteiger partial charge >= 0.3 is 0 Å². The number of ketones is 4. The van der Waals surface area contributed by atoms with Gasteiger partial charge in [-0.05, 0) is 97.9 Å². The van der Waals surface area contributed by atoms with Gasteiger partial charge in [-0.1, -0.05) is 56.3 Å². The number of likely N-dealkylation sites (N-methyl/N-ethyl adjacent to an activating group) is 1. The lowest BCUT2D eigenvalue weighted by Crippen LogP contribution is -2.74. The van der Waals surface area contributed by atoms with Crippen molar-refractivity contribution in [3.8, 4) is 16.9 Å². The van der Waals surface area contributed by atoms with Crippen molar-refractivity contribution in [3.63, 3.8) is 0 Å². The highest BCUT2D eigenvalue weighted by Gasteiger charge is 2.69. The van der Waals surface area contributed by atoms with Gasteiger partial charge in [0, 0.05) is 19.5 Å². The summed E-state index contributed by atoms with van der Waals surface area (Å²) in [6, 6.07) is 14.5. The van der Waals surface area contributed by atoms with E-state index in [1.54, 1.807) is 20.2 Å². The summed E-state index contributed by atoms with van der Waals surface area (Å²) in [6.07, 6.45) is 2.35. The highest BCUT2D eigenvalue weighted by molar-refractivity contribution is 6.32. The Morgan fingerprint density at radius 1 is 0.918 bits per heavy atom. The number of Topliss-reactive ketones (excluding diaryl/α,β-unsaturated/α-hetero) is 4. The van der Waals surface area contributed by atoms with Crippen molar-refractivity contribution in [2.45, 2.75) is 57.7 Å². The lowest BCUT2D eigenvalue weighted by atomic mass is 9.52. The molecular weight excluding hydrogens is 622 g/mol. The minimum Gasteiger partial charge on any atom is -0.507 e. The summed E-state index contributed by atoms with van der Waals surface area (Å²) in [7, 11) is 4.48. The Balaban J connectivity index is 1.46. The highest BCUT2D eigenvalue weighted by atomic mass is 16.3. The number of aromatic hydroxyl groups is 1. The molecule has 1 amide bonds. The molecule has 49 heavy (non-hydrogen) atoms. The third-order valence-electron chi connectivity index (χ3n) is 10.9. The van der Waals surface area contributed by atoms with Crippen LogP contribution in [0, 0.1) is 23.7 Å². The molecule has 2 fully saturated rings. The number of nitrogens with zero attached hydrogens (tertiary/aromatic N) is 2. The Kier molecular flexibility index (Phi) is 9.34. The fraction of sp³-hybridized carbons (Fsp3) is 0.462. The number of phenols is 1. The van der Waals surface area contributed by atoms with E-state index >= 15 is 0 Å². The average Bonchev–Trinajstić information content (AvgIpc) is 3.07. The summed E-state index contributed by atoms with van der Waals surface area (Å²) in [6.45, 7) is 7.14. The van der Waals surface area contributed by atoms with Crippen LogP contribution in [0.1, 0.15) is 54.6 Å². The lowest BCUT2D eigenvalue weighted by molar-refractivity contribution is -0.181. The van der Waals surface area contributed by atoms with Crippen LogP contribution in [0.15, 0.2) is 48.5 Å². The third-order valence-corrected chi connectivity index (χ3v) is 10.9. The van der Waals surface area contributed by atoms with E-state index in [4.69, 9.17) is 0 Å². The molecular formula is C39H45N3O7. The molecule has 3 aromatic carbocycles. The van der Waals surface area contributed by atoms with Gasteiger partial charge in [0.25, 0.3) is 0 Å². The van der Waals surface area contributed by atoms with Crippen LogP contribution in [0.4, 0.5) is 0 Å². The van der Waals surface area contributed by atoms with E-state index in [2.05, 4.69) is 48.3 Å². The molecule has 3 aliphatic carbocycles. The van der Waals surface area contributed by atoms with Crippen LogP contribution in [0.3, 0.4) is 0 Å². The zero-order chi connectivity index (χ0) is 35.4. The molecule has 2 saturated carbocycles. The summed E-state index contributed by atoms with van der Waals surface area (Å²) in [5.74, 6) is -9.82. The first kappa shape index (κ1) is 34.6. The summed E-state index contributed by atoms with van der Waals surface area (Å²) in [4.78, 5) is 72.7. The Hall–Kier alpha value is -4.25. The molecule has 0 bridgehead atoms. The van der Waals surface area contributed by atoms with Gasteiger partial charge in [-0.25, -0.2) is 0 Å². The summed E-state index contributed by atoms with van der Waals surface area (Å²) < 4.78 is 0. The van der Waals surface area contributed by atoms with Gasteiger partial charge in [-0.2, -0.15) is 0 Å². The van der Waals surface area contributed by atoms with Crippen LogP contribution in [-0.2, 0) is 32.1 Å². The number of rotatable bonds is 9. The smallest absolute Gasteiger partial charge is 0.238 e. The molecule has 10 nitrogen and oxygen atoms in total. The number of phenolic OH excluding ortho intramolecular Hbond substituents is 1. The molecule has 0 aliphatic heterocycles. The molecule has 3 N–H and O–H groups in total. The summed E-state index contributed by atoms with van der Waals surface area (Å²) >= 11 is 0. The maximum atomic E-state index is 14.3. The van der Waals surface area contributed by atoms with Crippen LogP contribution in [0.2, 0.25) is 0 Å². The van der Waals surface area contributed by atoms with Gasteiger partial charge in [-0.15, -0.1) is 0 Å². The third kappa shape index (κ3) is 5.41. The van der Waals surface area contributed by atoms with Crippen LogP contribution < -0.4 is 5.32 Å². The van der Waals surface area contributed by atoms with Crippen LogP contribution in [-0.4, -0.2) is 94.9 Å². The fourth-order valence-corrected chi connectivity index (χ4v) is 8.86. The second kappa shape index (κ2) is 13.2. The number of hydrogen-bond acceptors (Lipinski definition) is 9. The molecule has 0 saturated heterocycles. The van der Waals surface area contributed by atoms with Gasteiger partial charge < -0.3 is 15.5 Å². The molecule has 2 unspecified atom stereocenters. The van der Waals surface area contributed by atoms with Crippen LogP contribution >= 0.6 is 0 Å². The topological polar surface area (TPSA) is 144 Å². The molecule has 6 atom stereocenters. The molecule has 0 spiro atoms. The van der Waals surface area contributed by atoms with Gasteiger partial charge in [0.2, 0.25) is 5.91 Å². The van der Waals surface area contributed by atoms with Crippen LogP contribution in [0.5, 0.6) is 5.75 Å². The minimum atomic E-state index is -2.71. The zero-order valence-corrected chi connectivity index (χ0v) is 28.8. The van der Waals surface area contributed by atoms with Crippen LogP contribution in [0.25, 0.3) is 21.9 Å². The van der Waals surface area contributed by atoms with Crippen molar-refractivity contribution in [2.24, 2.45) is 23.7 Å². The summed E-state index contributed by atoms with van der Waals surface area (Å²) in [5.41, 5.74) is 0.732. The first-order valence-corrected chi connectivity index (χ1v) is 17.3. The average molecular weight is 668 g/mol. The van der Waals surface area contributed by atoms with Gasteiger partial charge in [-0.3, -0.25) is 33.8 Å². The largest absolute Gasteiger partial charge is 0.507 e. The number of aliphatic hydroxyl groups is 1. The molecule has 10 heteroatoms. The SMILES string of the molecule is CCCN(CCC)Cc1ccc(-c2ccc(O)c3c2C[C@H]2C[C@H]4[C@H](N(C)C)C(=O)C(C(=O)NC)C(=O)[C@@]4(O)C(=O)C2C3=O)c2ccccc12. The Labute approximate surface area is 286 Å². The normalized spacial score (nSPS) is 26.6. The molecule has 3 aliphatic rings. The number of carbonyl (C=O) groups is 5. The Bertz CT molecular complexity index is 1860. The second-order valence-corrected chi connectivity index (χ2v) is 14.1. The first-order valence-electron chi connectivity index (χ1n) is 17.3. The van der Waals surface area contributed by atoms with Crippen molar-refractivity contribution in [1.29, 1.82) is 0 Å². The van der Waals surface area contributed by atoms with Crippen molar-refractivity contribution in [3.05, 3.63) is 65.2 Å². The second-order valence-electron chi connectivity index (χ2n) is 14.1.